The van der Waals surface area contributed by atoms with Crippen molar-refractivity contribution in [1.29, 1.82) is 0 Å². The molecule has 0 heterocycles. The molecule has 0 bridgehead atoms. The summed E-state index contributed by atoms with van der Waals surface area (Å²) in [7, 11) is 0. The zero-order chi connectivity index (χ0) is 22.9. The number of halogens is 9. The maximum atomic E-state index is 14.1. The van der Waals surface area contributed by atoms with Gasteiger partial charge in [-0.2, -0.15) is 8.78 Å². The number of carbonyl (C=O) groups is 1. The smallest absolute Gasteiger partial charge is 0.426 e. The Hall–Kier alpha value is -2.50. The van der Waals surface area contributed by atoms with Crippen LogP contribution in [-0.4, -0.2) is 18.5 Å². The Morgan fingerprint density at radius 3 is 2.10 bits per heavy atom. The molecule has 3 nitrogen and oxygen atoms in total. The number of hydrogen-bond donors (Lipinski definition) is 0. The molecule has 0 saturated heterocycles. The summed E-state index contributed by atoms with van der Waals surface area (Å²) in [6, 6.07) is -0.0833. The van der Waals surface area contributed by atoms with E-state index in [2.05, 4.69) is 9.47 Å². The van der Waals surface area contributed by atoms with Crippen LogP contribution in [0.25, 0.3) is 0 Å². The predicted molar refractivity (Wildman–Crippen MR) is 83.6 cm³/mol. The highest BCUT2D eigenvalue weighted by Crippen LogP contribution is 2.40. The molecule has 0 aromatic heterocycles. The average molecular weight is 448 g/mol. The molecule has 1 aliphatic rings. The van der Waals surface area contributed by atoms with Gasteiger partial charge in [-0.15, -0.1) is 13.2 Å². The molecule has 2 atom stereocenters. The third kappa shape index (κ3) is 5.55. The number of allylic oxidation sites excluding steroid dienone is 3. The number of carbonyl (C=O) groups excluding carboxylic acids is 1. The van der Waals surface area contributed by atoms with Crippen LogP contribution in [0.1, 0.15) is 25.3 Å². The molecule has 2 rings (SSSR count). The van der Waals surface area contributed by atoms with E-state index in [1.54, 1.807) is 6.92 Å². The van der Waals surface area contributed by atoms with Crippen molar-refractivity contribution in [3.8, 4) is 5.75 Å². The summed E-state index contributed by atoms with van der Waals surface area (Å²) in [4.78, 5) is 12.0. The standard InChI is InChI=1S/C18H13F9O3/c1-2-3-8-4-10(19)14(11(20)5-8)16(28)29-9-6-12(21)15(13(22)7-9)17(23,24)30-18(25,26)27/h4-7,10,14H,2-3H2,1H3. The summed E-state index contributed by atoms with van der Waals surface area (Å²) in [5.41, 5.74) is -2.11. The van der Waals surface area contributed by atoms with Crippen LogP contribution in [0, 0.1) is 17.6 Å². The monoisotopic (exact) mass is 448 g/mol. The first kappa shape index (κ1) is 23.8. The van der Waals surface area contributed by atoms with Gasteiger partial charge in [0.25, 0.3) is 0 Å². The van der Waals surface area contributed by atoms with E-state index in [0.717, 1.165) is 12.2 Å². The van der Waals surface area contributed by atoms with Crippen LogP contribution >= 0.6 is 0 Å². The molecule has 166 valence electrons. The molecule has 0 aliphatic heterocycles. The van der Waals surface area contributed by atoms with Crippen LogP contribution in [-0.2, 0) is 15.6 Å². The molecule has 2 unspecified atom stereocenters. The minimum absolute atomic E-state index is 0.0417. The summed E-state index contributed by atoms with van der Waals surface area (Å²) in [6.07, 6.45) is -10.8. The quantitative estimate of drug-likeness (QED) is 0.304. The summed E-state index contributed by atoms with van der Waals surface area (Å²) in [5.74, 6) is -10.5. The molecule has 30 heavy (non-hydrogen) atoms. The van der Waals surface area contributed by atoms with Gasteiger partial charge >= 0.3 is 18.4 Å². The number of benzene rings is 1. The van der Waals surface area contributed by atoms with E-state index in [9.17, 15) is 44.3 Å². The number of hydrogen-bond acceptors (Lipinski definition) is 3. The normalized spacial score (nSPS) is 19.9. The molecule has 1 aromatic carbocycles. The van der Waals surface area contributed by atoms with Crippen molar-refractivity contribution in [1.82, 2.24) is 0 Å². The van der Waals surface area contributed by atoms with Crippen LogP contribution in [0.2, 0.25) is 0 Å². The topological polar surface area (TPSA) is 35.5 Å². The van der Waals surface area contributed by atoms with Crippen molar-refractivity contribution in [3.05, 3.63) is 52.9 Å². The Labute approximate surface area is 163 Å². The highest BCUT2D eigenvalue weighted by molar-refractivity contribution is 5.79. The van der Waals surface area contributed by atoms with Gasteiger partial charge < -0.3 is 4.74 Å². The fourth-order valence-electron chi connectivity index (χ4n) is 2.72. The van der Waals surface area contributed by atoms with Crippen LogP contribution in [0.5, 0.6) is 5.75 Å². The molecular weight excluding hydrogens is 435 g/mol. The van der Waals surface area contributed by atoms with Crippen molar-refractivity contribution < 1.29 is 53.8 Å². The number of esters is 1. The lowest BCUT2D eigenvalue weighted by atomic mass is 9.92. The molecule has 12 heteroatoms. The first-order valence-corrected chi connectivity index (χ1v) is 8.33. The second-order valence-electron chi connectivity index (χ2n) is 6.19. The minimum Gasteiger partial charge on any atom is -0.426 e. The fraction of sp³-hybridized carbons (Fsp3) is 0.389. The maximum absolute atomic E-state index is 14.1. The largest absolute Gasteiger partial charge is 0.527 e. The Balaban J connectivity index is 2.25. The van der Waals surface area contributed by atoms with Crippen LogP contribution in [0.15, 0.2) is 35.7 Å². The Morgan fingerprint density at radius 1 is 1.07 bits per heavy atom. The molecular formula is C18H13F9O3. The zero-order valence-electron chi connectivity index (χ0n) is 15.0. The van der Waals surface area contributed by atoms with E-state index in [1.165, 1.54) is 0 Å². The number of rotatable bonds is 6. The van der Waals surface area contributed by atoms with E-state index in [1.807, 2.05) is 0 Å². The molecule has 0 saturated carbocycles. The van der Waals surface area contributed by atoms with E-state index in [4.69, 9.17) is 0 Å². The van der Waals surface area contributed by atoms with Gasteiger partial charge in [-0.05, 0) is 24.1 Å². The van der Waals surface area contributed by atoms with Gasteiger partial charge in [-0.25, -0.2) is 22.3 Å². The zero-order valence-corrected chi connectivity index (χ0v) is 15.0. The fourth-order valence-corrected chi connectivity index (χ4v) is 2.72. The average Bonchev–Trinajstić information content (AvgIpc) is 2.50. The number of alkyl halides is 6. The third-order valence-corrected chi connectivity index (χ3v) is 3.87. The Morgan fingerprint density at radius 2 is 1.63 bits per heavy atom. The molecule has 0 N–H and O–H groups in total. The number of ether oxygens (including phenoxy) is 2. The second-order valence-corrected chi connectivity index (χ2v) is 6.19. The van der Waals surface area contributed by atoms with Crippen molar-refractivity contribution >= 4 is 5.97 Å². The van der Waals surface area contributed by atoms with Gasteiger partial charge in [-0.1, -0.05) is 13.3 Å². The summed E-state index contributed by atoms with van der Waals surface area (Å²) in [5, 5.41) is 0. The third-order valence-electron chi connectivity index (χ3n) is 3.87. The first-order valence-electron chi connectivity index (χ1n) is 8.33. The molecule has 0 amide bonds. The minimum atomic E-state index is -5.92. The van der Waals surface area contributed by atoms with E-state index < -0.39 is 59.3 Å². The van der Waals surface area contributed by atoms with E-state index >= 15 is 0 Å². The Bertz CT molecular complexity index is 851. The molecule has 0 fully saturated rings. The van der Waals surface area contributed by atoms with Crippen molar-refractivity contribution in [2.45, 2.75) is 38.4 Å². The van der Waals surface area contributed by atoms with Crippen molar-refractivity contribution in [2.75, 3.05) is 0 Å². The van der Waals surface area contributed by atoms with Gasteiger partial charge in [0.15, 0.2) is 0 Å². The highest BCUT2D eigenvalue weighted by atomic mass is 19.4. The van der Waals surface area contributed by atoms with Gasteiger partial charge in [-0.3, -0.25) is 4.79 Å². The summed E-state index contributed by atoms with van der Waals surface area (Å²) in [6.45, 7) is 1.75. The lowest BCUT2D eigenvalue weighted by Crippen LogP contribution is -2.31. The van der Waals surface area contributed by atoms with E-state index in [0.29, 0.717) is 12.8 Å². The second kappa shape index (κ2) is 8.70. The van der Waals surface area contributed by atoms with Crippen LogP contribution in [0.3, 0.4) is 0 Å². The predicted octanol–water partition coefficient (Wildman–Crippen LogP) is 6.00. The molecule has 1 aliphatic carbocycles. The van der Waals surface area contributed by atoms with Crippen LogP contribution in [0.4, 0.5) is 39.5 Å². The lowest BCUT2D eigenvalue weighted by Gasteiger charge is -2.22. The molecule has 0 radical (unpaired) electrons. The highest BCUT2D eigenvalue weighted by Gasteiger charge is 2.49. The van der Waals surface area contributed by atoms with Crippen molar-refractivity contribution in [3.63, 3.8) is 0 Å². The maximum Gasteiger partial charge on any atom is 0.527 e. The van der Waals surface area contributed by atoms with E-state index in [-0.39, 0.29) is 17.7 Å². The Kier molecular flexibility index (Phi) is 6.90. The molecule has 0 spiro atoms. The van der Waals surface area contributed by atoms with Crippen molar-refractivity contribution in [2.24, 2.45) is 5.92 Å². The first-order chi connectivity index (χ1) is 13.7. The van der Waals surface area contributed by atoms with Gasteiger partial charge in [0.05, 0.1) is 0 Å². The molecule has 1 aromatic rings. The van der Waals surface area contributed by atoms with Crippen LogP contribution < -0.4 is 4.74 Å². The van der Waals surface area contributed by atoms with Gasteiger partial charge in [0.2, 0.25) is 0 Å². The SMILES string of the molecule is CCCC1=CC(F)C(C(=O)Oc2cc(F)c(C(F)(F)OC(F)(F)F)c(F)c2)C(F)=C1. The summed E-state index contributed by atoms with van der Waals surface area (Å²) >= 11 is 0. The van der Waals surface area contributed by atoms with Gasteiger partial charge in [0, 0.05) is 12.1 Å². The van der Waals surface area contributed by atoms with Gasteiger partial charge in [0.1, 0.15) is 40.9 Å². The lowest BCUT2D eigenvalue weighted by molar-refractivity contribution is -0.432. The summed E-state index contributed by atoms with van der Waals surface area (Å²) < 4.78 is 126.